The van der Waals surface area contributed by atoms with Crippen molar-refractivity contribution in [1.29, 1.82) is 0 Å². The van der Waals surface area contributed by atoms with Gasteiger partial charge in [0.1, 0.15) is 41.8 Å². The second-order valence-electron chi connectivity index (χ2n) is 8.70. The summed E-state index contributed by atoms with van der Waals surface area (Å²) < 4.78 is 25.4. The number of aliphatic hydroxyl groups excluding tert-OH is 4. The Morgan fingerprint density at radius 2 is 1.84 bits per heavy atom. The van der Waals surface area contributed by atoms with E-state index in [0.29, 0.717) is 5.69 Å². The lowest BCUT2D eigenvalue weighted by Crippen LogP contribution is -2.63. The minimum atomic E-state index is -1.63. The fourth-order valence-electron chi connectivity index (χ4n) is 3.99. The van der Waals surface area contributed by atoms with Gasteiger partial charge in [-0.15, -0.1) is 0 Å². The SMILES string of the molecule is CN(C(=O)COc1cccc(C(=O)c2cnn(-c3ccc(F)cc3)c2N)c1)C1OC(CO)C(O)C(O)C1O. The first-order valence-electron chi connectivity index (χ1n) is 11.6. The van der Waals surface area contributed by atoms with Crippen molar-refractivity contribution in [3.63, 3.8) is 0 Å². The number of nitrogens with two attached hydrogens (primary N) is 1. The van der Waals surface area contributed by atoms with Gasteiger partial charge in [-0.3, -0.25) is 9.59 Å². The number of anilines is 1. The summed E-state index contributed by atoms with van der Waals surface area (Å²) in [6.07, 6.45) is -6.02. The molecule has 38 heavy (non-hydrogen) atoms. The van der Waals surface area contributed by atoms with Gasteiger partial charge in [0.15, 0.2) is 18.6 Å². The van der Waals surface area contributed by atoms with Crippen LogP contribution in [0, 0.1) is 5.82 Å². The average Bonchev–Trinajstić information content (AvgIpc) is 3.31. The lowest BCUT2D eigenvalue weighted by molar-refractivity contribution is -0.259. The number of amides is 1. The van der Waals surface area contributed by atoms with Crippen LogP contribution in [0.2, 0.25) is 0 Å². The third-order valence-electron chi connectivity index (χ3n) is 6.22. The third kappa shape index (κ3) is 5.37. The Bertz CT molecular complexity index is 1300. The number of halogens is 1. The molecule has 5 atom stereocenters. The fraction of sp³-hybridized carbons (Fsp3) is 0.320. The first kappa shape index (κ1) is 27.2. The Morgan fingerprint density at radius 1 is 1.13 bits per heavy atom. The molecule has 13 heteroatoms. The van der Waals surface area contributed by atoms with Crippen LogP contribution >= 0.6 is 0 Å². The van der Waals surface area contributed by atoms with E-state index in [4.69, 9.17) is 15.2 Å². The molecule has 1 aromatic heterocycles. The van der Waals surface area contributed by atoms with Crippen LogP contribution in [0.5, 0.6) is 5.75 Å². The van der Waals surface area contributed by atoms with Crippen LogP contribution in [-0.2, 0) is 9.53 Å². The molecule has 0 saturated carbocycles. The second-order valence-corrected chi connectivity index (χ2v) is 8.70. The first-order valence-corrected chi connectivity index (χ1v) is 11.6. The van der Waals surface area contributed by atoms with Gasteiger partial charge in [0, 0.05) is 12.6 Å². The molecule has 0 aliphatic carbocycles. The number of hydrogen-bond donors (Lipinski definition) is 5. The molecule has 5 unspecified atom stereocenters. The molecule has 202 valence electrons. The van der Waals surface area contributed by atoms with E-state index < -0.39 is 61.4 Å². The highest BCUT2D eigenvalue weighted by Gasteiger charge is 2.46. The molecule has 0 bridgehead atoms. The van der Waals surface area contributed by atoms with Crippen LogP contribution in [0.4, 0.5) is 10.2 Å². The van der Waals surface area contributed by atoms with E-state index in [2.05, 4.69) is 5.10 Å². The molecule has 0 radical (unpaired) electrons. The van der Waals surface area contributed by atoms with Crippen molar-refractivity contribution in [2.24, 2.45) is 0 Å². The van der Waals surface area contributed by atoms with Gasteiger partial charge < -0.3 is 40.5 Å². The predicted octanol–water partition coefficient (Wildman–Crippen LogP) is -0.538. The third-order valence-corrected chi connectivity index (χ3v) is 6.22. The smallest absolute Gasteiger partial charge is 0.262 e. The monoisotopic (exact) mass is 530 g/mol. The maximum absolute atomic E-state index is 13.2. The Hall–Kier alpha value is -3.88. The Labute approximate surface area is 216 Å². The number of carbonyl (C=O) groups excluding carboxylic acids is 2. The topological polar surface area (TPSA) is 181 Å². The lowest BCUT2D eigenvalue weighted by atomic mass is 9.98. The number of likely N-dealkylation sites (N-methyl/N-ethyl adjacent to an activating group) is 1. The molecule has 1 saturated heterocycles. The van der Waals surface area contributed by atoms with Gasteiger partial charge in [0.05, 0.1) is 24.1 Å². The molecule has 1 amide bonds. The highest BCUT2D eigenvalue weighted by molar-refractivity contribution is 6.11. The molecule has 1 aliphatic rings. The minimum Gasteiger partial charge on any atom is -0.484 e. The molecule has 4 rings (SSSR count). The zero-order valence-electron chi connectivity index (χ0n) is 20.2. The van der Waals surface area contributed by atoms with Crippen LogP contribution < -0.4 is 10.5 Å². The van der Waals surface area contributed by atoms with E-state index in [9.17, 15) is 34.4 Å². The predicted molar refractivity (Wildman–Crippen MR) is 130 cm³/mol. The Kier molecular flexibility index (Phi) is 8.04. The normalized spacial score (nSPS) is 23.2. The van der Waals surface area contributed by atoms with Gasteiger partial charge in [-0.25, -0.2) is 9.07 Å². The van der Waals surface area contributed by atoms with Crippen molar-refractivity contribution < 1.29 is 43.9 Å². The molecule has 2 aromatic carbocycles. The van der Waals surface area contributed by atoms with Crippen molar-refractivity contribution in [2.75, 3.05) is 26.0 Å². The number of ketones is 1. The minimum absolute atomic E-state index is 0.0595. The van der Waals surface area contributed by atoms with Crippen LogP contribution in [-0.4, -0.2) is 97.7 Å². The van der Waals surface area contributed by atoms with E-state index in [1.807, 2.05) is 0 Å². The van der Waals surface area contributed by atoms with E-state index in [-0.39, 0.29) is 22.7 Å². The fourth-order valence-corrected chi connectivity index (χ4v) is 3.99. The molecule has 1 fully saturated rings. The zero-order chi connectivity index (χ0) is 27.6. The standard InChI is InChI=1S/C25H27FN4O8/c1-29(25-23(36)22(35)21(34)18(11-31)38-25)19(32)12-37-16-4-2-3-13(9-16)20(33)17-10-28-30(24(17)27)15-7-5-14(26)6-8-15/h2-10,18,21-23,25,31,34-36H,11-12,27H2,1H3. The number of aromatic nitrogens is 2. The summed E-state index contributed by atoms with van der Waals surface area (Å²) in [4.78, 5) is 26.8. The zero-order valence-corrected chi connectivity index (χ0v) is 20.2. The second kappa shape index (κ2) is 11.2. The van der Waals surface area contributed by atoms with Gasteiger partial charge in [-0.05, 0) is 36.4 Å². The number of hydrogen-bond acceptors (Lipinski definition) is 10. The number of nitrogen functional groups attached to an aromatic ring is 1. The molecular formula is C25H27FN4O8. The van der Waals surface area contributed by atoms with Gasteiger partial charge in [-0.2, -0.15) is 5.10 Å². The van der Waals surface area contributed by atoms with E-state index >= 15 is 0 Å². The van der Waals surface area contributed by atoms with Gasteiger partial charge >= 0.3 is 0 Å². The summed E-state index contributed by atoms with van der Waals surface area (Å²) in [5.74, 6) is -1.27. The van der Waals surface area contributed by atoms with Crippen LogP contribution in [0.1, 0.15) is 15.9 Å². The quantitative estimate of drug-likeness (QED) is 0.237. The highest BCUT2D eigenvalue weighted by atomic mass is 19.1. The van der Waals surface area contributed by atoms with Gasteiger partial charge in [-0.1, -0.05) is 12.1 Å². The summed E-state index contributed by atoms with van der Waals surface area (Å²) in [6.45, 7) is -1.14. The Balaban J connectivity index is 1.43. The summed E-state index contributed by atoms with van der Waals surface area (Å²) in [6, 6.07) is 11.5. The molecule has 2 heterocycles. The molecule has 1 aliphatic heterocycles. The van der Waals surface area contributed by atoms with E-state index in [1.54, 1.807) is 6.07 Å². The summed E-state index contributed by atoms with van der Waals surface area (Å²) in [5, 5.41) is 43.5. The number of ether oxygens (including phenoxy) is 2. The van der Waals surface area contributed by atoms with Crippen molar-refractivity contribution in [1.82, 2.24) is 14.7 Å². The summed E-state index contributed by atoms with van der Waals surface area (Å²) in [7, 11) is 1.31. The number of rotatable bonds is 8. The average molecular weight is 531 g/mol. The van der Waals surface area contributed by atoms with Gasteiger partial charge in [0.25, 0.3) is 5.91 Å². The van der Waals surface area contributed by atoms with Crippen molar-refractivity contribution in [3.8, 4) is 11.4 Å². The largest absolute Gasteiger partial charge is 0.484 e. The number of aliphatic hydroxyl groups is 4. The van der Waals surface area contributed by atoms with Crippen molar-refractivity contribution in [2.45, 2.75) is 30.6 Å². The van der Waals surface area contributed by atoms with Crippen molar-refractivity contribution >= 4 is 17.5 Å². The first-order chi connectivity index (χ1) is 18.1. The van der Waals surface area contributed by atoms with Crippen LogP contribution in [0.3, 0.4) is 0 Å². The van der Waals surface area contributed by atoms with Crippen LogP contribution in [0.15, 0.2) is 54.7 Å². The number of benzene rings is 2. The van der Waals surface area contributed by atoms with E-state index in [1.165, 1.54) is 60.4 Å². The maximum atomic E-state index is 13.2. The van der Waals surface area contributed by atoms with E-state index in [0.717, 1.165) is 4.90 Å². The lowest BCUT2D eigenvalue weighted by Gasteiger charge is -2.43. The number of nitrogens with zero attached hydrogens (tertiary/aromatic N) is 3. The highest BCUT2D eigenvalue weighted by Crippen LogP contribution is 2.25. The molecule has 0 spiro atoms. The summed E-state index contributed by atoms with van der Waals surface area (Å²) in [5.41, 5.74) is 6.93. The summed E-state index contributed by atoms with van der Waals surface area (Å²) >= 11 is 0. The van der Waals surface area contributed by atoms with Gasteiger partial charge in [0.2, 0.25) is 0 Å². The van der Waals surface area contributed by atoms with Crippen molar-refractivity contribution in [3.05, 3.63) is 71.7 Å². The molecular weight excluding hydrogens is 503 g/mol. The molecule has 6 N–H and O–H groups in total. The maximum Gasteiger partial charge on any atom is 0.262 e. The molecule has 3 aromatic rings. The van der Waals surface area contributed by atoms with Crippen LogP contribution in [0.25, 0.3) is 5.69 Å². The number of carbonyl (C=O) groups is 2. The Morgan fingerprint density at radius 3 is 2.53 bits per heavy atom. The molecule has 12 nitrogen and oxygen atoms in total.